The molecule has 158 valence electrons. The SMILES string of the molecule is COCCNS(=O)(=O)c1ccc(Br)c(C(=O)Nc2cccc(-n3nccc3C)c2)c1. The summed E-state index contributed by atoms with van der Waals surface area (Å²) in [5.74, 6) is -0.440. The van der Waals surface area contributed by atoms with Crippen molar-refractivity contribution >= 4 is 37.5 Å². The summed E-state index contributed by atoms with van der Waals surface area (Å²) in [4.78, 5) is 12.8. The van der Waals surface area contributed by atoms with Gasteiger partial charge in [-0.25, -0.2) is 17.8 Å². The Morgan fingerprint density at radius 2 is 2.00 bits per heavy atom. The highest BCUT2D eigenvalue weighted by Crippen LogP contribution is 2.23. The number of aromatic nitrogens is 2. The van der Waals surface area contributed by atoms with Gasteiger partial charge in [-0.05, 0) is 65.3 Å². The van der Waals surface area contributed by atoms with Crippen LogP contribution in [0.2, 0.25) is 0 Å². The van der Waals surface area contributed by atoms with E-state index in [1.165, 1.54) is 25.3 Å². The van der Waals surface area contributed by atoms with Gasteiger partial charge in [0.05, 0.1) is 22.8 Å². The highest BCUT2D eigenvalue weighted by molar-refractivity contribution is 9.10. The van der Waals surface area contributed by atoms with Crippen LogP contribution in [-0.4, -0.2) is 44.4 Å². The van der Waals surface area contributed by atoms with E-state index in [1.54, 1.807) is 23.0 Å². The summed E-state index contributed by atoms with van der Waals surface area (Å²) in [5, 5.41) is 7.07. The molecule has 0 saturated carbocycles. The van der Waals surface area contributed by atoms with Crippen LogP contribution in [0.1, 0.15) is 16.1 Å². The van der Waals surface area contributed by atoms with Crippen molar-refractivity contribution in [3.05, 3.63) is 70.5 Å². The number of ether oxygens (including phenoxy) is 1. The Morgan fingerprint density at radius 3 is 2.70 bits per heavy atom. The number of anilines is 1. The van der Waals surface area contributed by atoms with Crippen molar-refractivity contribution in [2.45, 2.75) is 11.8 Å². The van der Waals surface area contributed by atoms with Crippen molar-refractivity contribution in [3.8, 4) is 5.69 Å². The number of nitrogens with one attached hydrogen (secondary N) is 2. The fourth-order valence-corrected chi connectivity index (χ4v) is 4.23. The Labute approximate surface area is 183 Å². The molecule has 0 saturated heterocycles. The number of rotatable bonds is 8. The van der Waals surface area contributed by atoms with Gasteiger partial charge in [-0.1, -0.05) is 6.07 Å². The number of carbonyl (C=O) groups is 1. The van der Waals surface area contributed by atoms with Crippen LogP contribution in [0.5, 0.6) is 0 Å². The molecule has 0 aliphatic carbocycles. The molecule has 0 aliphatic heterocycles. The second kappa shape index (κ2) is 9.52. The van der Waals surface area contributed by atoms with E-state index in [0.29, 0.717) is 10.2 Å². The fraction of sp³-hybridized carbons (Fsp3) is 0.200. The molecule has 8 nitrogen and oxygen atoms in total. The molecule has 0 spiro atoms. The third-order valence-electron chi connectivity index (χ3n) is 4.27. The molecule has 0 bridgehead atoms. The van der Waals surface area contributed by atoms with Crippen LogP contribution in [0, 0.1) is 6.92 Å². The van der Waals surface area contributed by atoms with Gasteiger partial charge in [0.1, 0.15) is 0 Å². The highest BCUT2D eigenvalue weighted by atomic mass is 79.9. The Kier molecular flexibility index (Phi) is 7.03. The van der Waals surface area contributed by atoms with Gasteiger partial charge in [-0.3, -0.25) is 4.79 Å². The van der Waals surface area contributed by atoms with E-state index in [2.05, 4.69) is 31.1 Å². The molecule has 0 unspecified atom stereocenters. The monoisotopic (exact) mass is 492 g/mol. The lowest BCUT2D eigenvalue weighted by Gasteiger charge is -2.12. The number of hydrogen-bond donors (Lipinski definition) is 2. The Hall–Kier alpha value is -2.53. The summed E-state index contributed by atoms with van der Waals surface area (Å²) in [7, 11) is -2.28. The molecule has 1 amide bonds. The number of hydrogen-bond acceptors (Lipinski definition) is 5. The molecule has 0 fully saturated rings. The number of benzene rings is 2. The van der Waals surface area contributed by atoms with Crippen LogP contribution < -0.4 is 10.0 Å². The van der Waals surface area contributed by atoms with Crippen molar-refractivity contribution in [2.75, 3.05) is 25.6 Å². The second-order valence-electron chi connectivity index (χ2n) is 6.42. The van der Waals surface area contributed by atoms with Crippen LogP contribution >= 0.6 is 15.9 Å². The minimum atomic E-state index is -3.76. The number of sulfonamides is 1. The van der Waals surface area contributed by atoms with Gasteiger partial charge in [0.15, 0.2) is 0 Å². The largest absolute Gasteiger partial charge is 0.383 e. The molecule has 2 N–H and O–H groups in total. The van der Waals surface area contributed by atoms with Crippen molar-refractivity contribution < 1.29 is 17.9 Å². The number of nitrogens with zero attached hydrogens (tertiary/aromatic N) is 2. The van der Waals surface area contributed by atoms with E-state index in [4.69, 9.17) is 4.74 Å². The van der Waals surface area contributed by atoms with Crippen molar-refractivity contribution in [2.24, 2.45) is 0 Å². The van der Waals surface area contributed by atoms with E-state index in [-0.39, 0.29) is 23.6 Å². The summed E-state index contributed by atoms with van der Waals surface area (Å²) in [5.41, 5.74) is 2.52. The van der Waals surface area contributed by atoms with Gasteiger partial charge >= 0.3 is 0 Å². The standard InChI is InChI=1S/C20H21BrN4O4S/c1-14-8-9-22-25(14)16-5-3-4-15(12-16)24-20(26)18-13-17(6-7-19(18)21)30(27,28)23-10-11-29-2/h3-9,12-13,23H,10-11H2,1-2H3,(H,24,26). The minimum absolute atomic E-state index is 0.00660. The molecule has 1 aromatic heterocycles. The molecular weight excluding hydrogens is 472 g/mol. The van der Waals surface area contributed by atoms with Crippen molar-refractivity contribution in [3.63, 3.8) is 0 Å². The molecule has 2 aromatic carbocycles. The quantitative estimate of drug-likeness (QED) is 0.470. The molecule has 0 atom stereocenters. The molecule has 10 heteroatoms. The maximum Gasteiger partial charge on any atom is 0.256 e. The summed E-state index contributed by atoms with van der Waals surface area (Å²) in [6, 6.07) is 13.4. The predicted octanol–water partition coefficient (Wildman–Crippen LogP) is 3.12. The molecule has 3 rings (SSSR count). The zero-order valence-corrected chi connectivity index (χ0v) is 18.8. The summed E-state index contributed by atoms with van der Waals surface area (Å²) in [6.07, 6.45) is 1.70. The maximum atomic E-state index is 12.8. The lowest BCUT2D eigenvalue weighted by Crippen LogP contribution is -2.27. The van der Waals surface area contributed by atoms with Crippen LogP contribution in [0.25, 0.3) is 5.69 Å². The minimum Gasteiger partial charge on any atom is -0.383 e. The predicted molar refractivity (Wildman–Crippen MR) is 117 cm³/mol. The summed E-state index contributed by atoms with van der Waals surface area (Å²) < 4.78 is 34.4. The summed E-state index contributed by atoms with van der Waals surface area (Å²) >= 11 is 3.32. The van der Waals surface area contributed by atoms with Gasteiger partial charge in [0.25, 0.3) is 5.91 Å². The molecule has 3 aromatic rings. The Bertz CT molecular complexity index is 1160. The molecule has 1 heterocycles. The zero-order chi connectivity index (χ0) is 21.7. The number of halogens is 1. The number of amides is 1. The Balaban J connectivity index is 1.83. The Morgan fingerprint density at radius 1 is 1.20 bits per heavy atom. The summed E-state index contributed by atoms with van der Waals surface area (Å²) in [6.45, 7) is 2.31. The second-order valence-corrected chi connectivity index (χ2v) is 9.04. The molecular formula is C20H21BrN4O4S. The third-order valence-corrected chi connectivity index (χ3v) is 6.42. The van der Waals surface area contributed by atoms with E-state index in [0.717, 1.165) is 11.4 Å². The van der Waals surface area contributed by atoms with Gasteiger partial charge < -0.3 is 10.1 Å². The number of carbonyl (C=O) groups excluding carboxylic acids is 1. The first-order valence-electron chi connectivity index (χ1n) is 9.02. The zero-order valence-electron chi connectivity index (χ0n) is 16.4. The fourth-order valence-electron chi connectivity index (χ4n) is 2.76. The van der Waals surface area contributed by atoms with E-state index < -0.39 is 15.9 Å². The van der Waals surface area contributed by atoms with Crippen LogP contribution in [0.3, 0.4) is 0 Å². The average molecular weight is 493 g/mol. The van der Waals surface area contributed by atoms with E-state index in [1.807, 2.05) is 25.1 Å². The molecule has 30 heavy (non-hydrogen) atoms. The van der Waals surface area contributed by atoms with Crippen molar-refractivity contribution in [1.82, 2.24) is 14.5 Å². The lowest BCUT2D eigenvalue weighted by molar-refractivity contribution is 0.102. The normalized spacial score (nSPS) is 11.4. The van der Waals surface area contributed by atoms with Gasteiger partial charge in [0, 0.05) is 35.7 Å². The lowest BCUT2D eigenvalue weighted by atomic mass is 10.2. The van der Waals surface area contributed by atoms with Crippen LogP contribution in [0.15, 0.2) is 64.1 Å². The number of methoxy groups -OCH3 is 1. The van der Waals surface area contributed by atoms with E-state index >= 15 is 0 Å². The van der Waals surface area contributed by atoms with Gasteiger partial charge in [0.2, 0.25) is 10.0 Å². The topological polar surface area (TPSA) is 102 Å². The first-order chi connectivity index (χ1) is 14.3. The van der Waals surface area contributed by atoms with Gasteiger partial charge in [-0.2, -0.15) is 5.10 Å². The average Bonchev–Trinajstić information content (AvgIpc) is 3.14. The van der Waals surface area contributed by atoms with E-state index in [9.17, 15) is 13.2 Å². The number of aryl methyl sites for hydroxylation is 1. The smallest absolute Gasteiger partial charge is 0.256 e. The van der Waals surface area contributed by atoms with Gasteiger partial charge in [-0.15, -0.1) is 0 Å². The first-order valence-corrected chi connectivity index (χ1v) is 11.3. The van der Waals surface area contributed by atoms with Crippen molar-refractivity contribution in [1.29, 1.82) is 0 Å². The van der Waals surface area contributed by atoms with Crippen LogP contribution in [-0.2, 0) is 14.8 Å². The molecule has 0 radical (unpaired) electrons. The maximum absolute atomic E-state index is 12.8. The first kappa shape index (κ1) is 22.2. The highest BCUT2D eigenvalue weighted by Gasteiger charge is 2.18. The third kappa shape index (κ3) is 5.14. The molecule has 0 aliphatic rings. The van der Waals surface area contributed by atoms with Crippen LogP contribution in [0.4, 0.5) is 5.69 Å².